The number of rotatable bonds is 3. The van der Waals surface area contributed by atoms with Crippen molar-refractivity contribution in [3.63, 3.8) is 0 Å². The number of pyridine rings is 1. The predicted octanol–water partition coefficient (Wildman–Crippen LogP) is 2.77. The number of carboxylic acid groups (broad SMARTS) is 1. The molecule has 0 bridgehead atoms. The molecule has 0 fully saturated rings. The molecule has 3 aromatic heterocycles. The third-order valence-electron chi connectivity index (χ3n) is 2.82. The van der Waals surface area contributed by atoms with Crippen LogP contribution in [-0.2, 0) is 0 Å². The van der Waals surface area contributed by atoms with Crippen LogP contribution in [0.15, 0.2) is 48.8 Å². The molecule has 3 N–H and O–H groups in total. The van der Waals surface area contributed by atoms with Crippen molar-refractivity contribution in [3.8, 4) is 22.8 Å². The van der Waals surface area contributed by atoms with E-state index in [1.54, 1.807) is 24.5 Å². The molecular weight excluding hydrogens is 242 g/mol. The number of carbonyl (C=O) groups is 1. The van der Waals surface area contributed by atoms with Gasteiger partial charge in [0.25, 0.3) is 0 Å². The lowest BCUT2D eigenvalue weighted by molar-refractivity contribution is 0.0697. The molecular formula is C14H11N3O2. The standard InChI is InChI=1S/C14H11N3O2/c18-14(19)9-7-12(10-3-1-5-15-10)17-13(8-9)11-4-2-6-16-11/h1-8,15-16H,(H,18,19). The molecule has 3 heterocycles. The van der Waals surface area contributed by atoms with E-state index in [1.165, 1.54) is 0 Å². The third kappa shape index (κ3) is 2.13. The Kier molecular flexibility index (Phi) is 2.64. The molecule has 0 saturated heterocycles. The summed E-state index contributed by atoms with van der Waals surface area (Å²) in [6.07, 6.45) is 3.55. The summed E-state index contributed by atoms with van der Waals surface area (Å²) in [4.78, 5) is 21.7. The van der Waals surface area contributed by atoms with Gasteiger partial charge in [-0.15, -0.1) is 0 Å². The number of H-pyrrole nitrogens is 2. The van der Waals surface area contributed by atoms with E-state index < -0.39 is 5.97 Å². The number of hydrogen-bond donors (Lipinski definition) is 3. The first-order valence-corrected chi connectivity index (χ1v) is 5.77. The van der Waals surface area contributed by atoms with Crippen molar-refractivity contribution >= 4 is 5.97 Å². The zero-order valence-electron chi connectivity index (χ0n) is 9.92. The van der Waals surface area contributed by atoms with Crippen LogP contribution in [0.3, 0.4) is 0 Å². The lowest BCUT2D eigenvalue weighted by Crippen LogP contribution is -2.00. The van der Waals surface area contributed by atoms with Crippen molar-refractivity contribution < 1.29 is 9.90 Å². The fourth-order valence-corrected chi connectivity index (χ4v) is 1.91. The molecule has 0 radical (unpaired) electrons. The maximum absolute atomic E-state index is 11.2. The topological polar surface area (TPSA) is 81.8 Å². The average molecular weight is 253 g/mol. The maximum Gasteiger partial charge on any atom is 0.335 e. The van der Waals surface area contributed by atoms with Crippen molar-refractivity contribution in [2.75, 3.05) is 0 Å². The van der Waals surface area contributed by atoms with Crippen LogP contribution in [0, 0.1) is 0 Å². The van der Waals surface area contributed by atoms with Gasteiger partial charge in [-0.2, -0.15) is 0 Å². The van der Waals surface area contributed by atoms with E-state index >= 15 is 0 Å². The van der Waals surface area contributed by atoms with Gasteiger partial charge in [0.15, 0.2) is 0 Å². The molecule has 0 aromatic carbocycles. The molecule has 0 unspecified atom stereocenters. The van der Waals surface area contributed by atoms with Gasteiger partial charge in [-0.05, 0) is 36.4 Å². The number of aromatic nitrogens is 3. The molecule has 3 aromatic rings. The van der Waals surface area contributed by atoms with Crippen LogP contribution in [0.2, 0.25) is 0 Å². The summed E-state index contributed by atoms with van der Waals surface area (Å²) in [5.74, 6) is -0.969. The minimum absolute atomic E-state index is 0.212. The molecule has 0 aliphatic carbocycles. The Morgan fingerprint density at radius 3 is 1.89 bits per heavy atom. The summed E-state index contributed by atoms with van der Waals surface area (Å²) >= 11 is 0. The lowest BCUT2D eigenvalue weighted by Gasteiger charge is -2.04. The Balaban J connectivity index is 2.18. The smallest absolute Gasteiger partial charge is 0.335 e. The molecule has 19 heavy (non-hydrogen) atoms. The second-order valence-corrected chi connectivity index (χ2v) is 4.10. The number of aromatic amines is 2. The molecule has 3 rings (SSSR count). The van der Waals surface area contributed by atoms with Gasteiger partial charge < -0.3 is 15.1 Å². The molecule has 0 aliphatic rings. The van der Waals surface area contributed by atoms with E-state index in [-0.39, 0.29) is 5.56 Å². The minimum Gasteiger partial charge on any atom is -0.478 e. The van der Waals surface area contributed by atoms with Gasteiger partial charge in [0, 0.05) is 12.4 Å². The van der Waals surface area contributed by atoms with Gasteiger partial charge in [0.1, 0.15) is 0 Å². The monoisotopic (exact) mass is 253 g/mol. The molecule has 94 valence electrons. The van der Waals surface area contributed by atoms with Gasteiger partial charge in [-0.3, -0.25) is 0 Å². The highest BCUT2D eigenvalue weighted by Gasteiger charge is 2.11. The van der Waals surface area contributed by atoms with E-state index in [2.05, 4.69) is 15.0 Å². The first-order chi connectivity index (χ1) is 9.24. The van der Waals surface area contributed by atoms with E-state index in [0.29, 0.717) is 11.4 Å². The van der Waals surface area contributed by atoms with E-state index in [9.17, 15) is 9.90 Å². The second-order valence-electron chi connectivity index (χ2n) is 4.10. The number of carboxylic acids is 1. The van der Waals surface area contributed by atoms with Crippen molar-refractivity contribution in [2.24, 2.45) is 0 Å². The quantitative estimate of drug-likeness (QED) is 0.671. The summed E-state index contributed by atoms with van der Waals surface area (Å²) < 4.78 is 0. The summed E-state index contributed by atoms with van der Waals surface area (Å²) in [5, 5.41) is 9.18. The molecule has 0 amide bonds. The predicted molar refractivity (Wildman–Crippen MR) is 70.8 cm³/mol. The minimum atomic E-state index is -0.969. The van der Waals surface area contributed by atoms with Crippen LogP contribution in [0.5, 0.6) is 0 Å². The summed E-state index contributed by atoms with van der Waals surface area (Å²) in [6, 6.07) is 10.5. The lowest BCUT2D eigenvalue weighted by atomic mass is 10.1. The maximum atomic E-state index is 11.2. The highest BCUT2D eigenvalue weighted by Crippen LogP contribution is 2.22. The van der Waals surface area contributed by atoms with E-state index in [1.807, 2.05) is 24.3 Å². The van der Waals surface area contributed by atoms with Gasteiger partial charge in [0.2, 0.25) is 0 Å². The number of hydrogen-bond acceptors (Lipinski definition) is 2. The van der Waals surface area contributed by atoms with Crippen LogP contribution in [0.4, 0.5) is 0 Å². The van der Waals surface area contributed by atoms with Crippen LogP contribution >= 0.6 is 0 Å². The summed E-state index contributed by atoms with van der Waals surface area (Å²) in [6.45, 7) is 0. The van der Waals surface area contributed by atoms with Crippen LogP contribution in [0.1, 0.15) is 10.4 Å². The van der Waals surface area contributed by atoms with Gasteiger partial charge in [-0.25, -0.2) is 9.78 Å². The Morgan fingerprint density at radius 1 is 1.00 bits per heavy atom. The van der Waals surface area contributed by atoms with Gasteiger partial charge in [0.05, 0.1) is 28.3 Å². The Hall–Kier alpha value is -2.82. The van der Waals surface area contributed by atoms with Gasteiger partial charge >= 0.3 is 5.97 Å². The molecule has 0 spiro atoms. The van der Waals surface area contributed by atoms with Crippen molar-refractivity contribution in [1.82, 2.24) is 15.0 Å². The Labute approximate surface area is 109 Å². The fourth-order valence-electron chi connectivity index (χ4n) is 1.91. The van der Waals surface area contributed by atoms with E-state index in [0.717, 1.165) is 11.4 Å². The highest BCUT2D eigenvalue weighted by atomic mass is 16.4. The number of nitrogens with zero attached hydrogens (tertiary/aromatic N) is 1. The van der Waals surface area contributed by atoms with E-state index in [4.69, 9.17) is 0 Å². The highest BCUT2D eigenvalue weighted by molar-refractivity contribution is 5.90. The van der Waals surface area contributed by atoms with Crippen LogP contribution < -0.4 is 0 Å². The third-order valence-corrected chi connectivity index (χ3v) is 2.82. The first kappa shape index (κ1) is 11.3. The normalized spacial score (nSPS) is 10.5. The molecule has 0 atom stereocenters. The Bertz CT molecular complexity index is 648. The average Bonchev–Trinajstić information content (AvgIpc) is 3.11. The fraction of sp³-hybridized carbons (Fsp3) is 0. The molecule has 5 nitrogen and oxygen atoms in total. The summed E-state index contributed by atoms with van der Waals surface area (Å²) in [5.41, 5.74) is 3.00. The SMILES string of the molecule is O=C(O)c1cc(-c2ccc[nH]2)nc(-c2ccc[nH]2)c1. The number of nitrogens with one attached hydrogen (secondary N) is 2. The van der Waals surface area contributed by atoms with Crippen molar-refractivity contribution in [1.29, 1.82) is 0 Å². The molecule has 0 aliphatic heterocycles. The van der Waals surface area contributed by atoms with Crippen LogP contribution in [0.25, 0.3) is 22.8 Å². The number of aromatic carboxylic acids is 1. The second kappa shape index (κ2) is 4.45. The Morgan fingerprint density at radius 2 is 1.53 bits per heavy atom. The molecule has 5 heteroatoms. The molecule has 0 saturated carbocycles. The van der Waals surface area contributed by atoms with Crippen molar-refractivity contribution in [3.05, 3.63) is 54.4 Å². The van der Waals surface area contributed by atoms with Crippen molar-refractivity contribution in [2.45, 2.75) is 0 Å². The zero-order chi connectivity index (χ0) is 13.2. The summed E-state index contributed by atoms with van der Waals surface area (Å²) in [7, 11) is 0. The first-order valence-electron chi connectivity index (χ1n) is 5.77. The zero-order valence-corrected chi connectivity index (χ0v) is 9.92. The van der Waals surface area contributed by atoms with Gasteiger partial charge in [-0.1, -0.05) is 0 Å². The largest absolute Gasteiger partial charge is 0.478 e. The van der Waals surface area contributed by atoms with Crippen LogP contribution in [-0.4, -0.2) is 26.0 Å².